The predicted octanol–water partition coefficient (Wildman–Crippen LogP) is 2.28. The summed E-state index contributed by atoms with van der Waals surface area (Å²) in [6.45, 7) is 9.21. The Morgan fingerprint density at radius 2 is 1.85 bits per heavy atom. The van der Waals surface area contributed by atoms with Crippen molar-refractivity contribution in [3.8, 4) is 0 Å². The predicted molar refractivity (Wildman–Crippen MR) is 84.1 cm³/mol. The summed E-state index contributed by atoms with van der Waals surface area (Å²) < 4.78 is 0. The molecular formula is C17H28N2O. The number of aliphatic hydroxyl groups is 1. The van der Waals surface area contributed by atoms with E-state index >= 15 is 0 Å². The summed E-state index contributed by atoms with van der Waals surface area (Å²) in [6.07, 6.45) is 0.822. The van der Waals surface area contributed by atoms with E-state index in [2.05, 4.69) is 56.8 Å². The second-order valence-corrected chi connectivity index (χ2v) is 6.49. The molecule has 1 aliphatic rings. The molecule has 1 aromatic rings. The second kappa shape index (κ2) is 6.25. The lowest BCUT2D eigenvalue weighted by atomic mass is 9.95. The minimum absolute atomic E-state index is 0.378. The summed E-state index contributed by atoms with van der Waals surface area (Å²) in [5, 5.41) is 10.6. The van der Waals surface area contributed by atoms with Gasteiger partial charge in [0.15, 0.2) is 0 Å². The Labute approximate surface area is 123 Å². The van der Waals surface area contributed by atoms with Gasteiger partial charge in [0.25, 0.3) is 0 Å². The van der Waals surface area contributed by atoms with E-state index in [-0.39, 0.29) is 6.10 Å². The number of benzene rings is 1. The zero-order valence-electron chi connectivity index (χ0n) is 13.5. The SMILES string of the molecule is Cc1cc(C)c(C(O)CN2CCC(N(C)C)C2)c(C)c1. The maximum absolute atomic E-state index is 10.6. The minimum Gasteiger partial charge on any atom is -0.387 e. The van der Waals surface area contributed by atoms with Crippen LogP contribution in [0, 0.1) is 20.8 Å². The molecule has 1 fully saturated rings. The molecular weight excluding hydrogens is 248 g/mol. The number of likely N-dealkylation sites (N-methyl/N-ethyl adjacent to an activating group) is 1. The highest BCUT2D eigenvalue weighted by molar-refractivity contribution is 5.39. The number of hydrogen-bond acceptors (Lipinski definition) is 3. The molecule has 1 N–H and O–H groups in total. The topological polar surface area (TPSA) is 26.7 Å². The van der Waals surface area contributed by atoms with Crippen LogP contribution in [0.2, 0.25) is 0 Å². The van der Waals surface area contributed by atoms with Gasteiger partial charge in [-0.25, -0.2) is 0 Å². The van der Waals surface area contributed by atoms with Crippen LogP contribution in [0.15, 0.2) is 12.1 Å². The number of nitrogens with zero attached hydrogens (tertiary/aromatic N) is 2. The highest BCUT2D eigenvalue weighted by atomic mass is 16.3. The number of rotatable bonds is 4. The van der Waals surface area contributed by atoms with Crippen LogP contribution < -0.4 is 0 Å². The van der Waals surface area contributed by atoms with E-state index in [1.54, 1.807) is 0 Å². The first-order valence-corrected chi connectivity index (χ1v) is 7.53. The molecule has 112 valence electrons. The molecule has 1 saturated heterocycles. The first-order chi connectivity index (χ1) is 9.38. The van der Waals surface area contributed by atoms with Crippen LogP contribution in [-0.4, -0.2) is 54.7 Å². The van der Waals surface area contributed by atoms with Crippen molar-refractivity contribution < 1.29 is 5.11 Å². The lowest BCUT2D eigenvalue weighted by Gasteiger charge is -2.24. The van der Waals surface area contributed by atoms with Gasteiger partial charge in [-0.15, -0.1) is 0 Å². The highest BCUT2D eigenvalue weighted by Gasteiger charge is 2.26. The van der Waals surface area contributed by atoms with Gasteiger partial charge >= 0.3 is 0 Å². The second-order valence-electron chi connectivity index (χ2n) is 6.49. The van der Waals surface area contributed by atoms with Gasteiger partial charge in [0.1, 0.15) is 0 Å². The number of hydrogen-bond donors (Lipinski definition) is 1. The first-order valence-electron chi connectivity index (χ1n) is 7.53. The van der Waals surface area contributed by atoms with Crippen molar-refractivity contribution in [2.24, 2.45) is 0 Å². The normalized spacial score (nSPS) is 21.6. The first kappa shape index (κ1) is 15.5. The van der Waals surface area contributed by atoms with E-state index in [4.69, 9.17) is 0 Å². The van der Waals surface area contributed by atoms with E-state index in [1.807, 2.05) is 0 Å². The Morgan fingerprint density at radius 3 is 2.35 bits per heavy atom. The summed E-state index contributed by atoms with van der Waals surface area (Å²) in [4.78, 5) is 4.67. The van der Waals surface area contributed by atoms with Gasteiger partial charge < -0.3 is 10.0 Å². The monoisotopic (exact) mass is 276 g/mol. The van der Waals surface area contributed by atoms with Crippen LogP contribution in [-0.2, 0) is 0 Å². The summed E-state index contributed by atoms with van der Waals surface area (Å²) in [5.74, 6) is 0. The molecule has 0 radical (unpaired) electrons. The van der Waals surface area contributed by atoms with Crippen molar-refractivity contribution in [1.82, 2.24) is 9.80 Å². The molecule has 0 bridgehead atoms. The van der Waals surface area contributed by atoms with Gasteiger partial charge in [0.2, 0.25) is 0 Å². The summed E-state index contributed by atoms with van der Waals surface area (Å²) >= 11 is 0. The average molecular weight is 276 g/mol. The molecule has 0 spiro atoms. The van der Waals surface area contributed by atoms with Gasteiger partial charge in [0, 0.05) is 19.1 Å². The molecule has 1 aliphatic heterocycles. The Morgan fingerprint density at radius 1 is 1.25 bits per heavy atom. The Kier molecular flexibility index (Phi) is 4.84. The van der Waals surface area contributed by atoms with Gasteiger partial charge in [-0.3, -0.25) is 4.90 Å². The van der Waals surface area contributed by atoms with Crippen LogP contribution in [0.25, 0.3) is 0 Å². The number of β-amino-alcohol motifs (C(OH)–C–C–N with tert-alkyl or cyclic N) is 1. The third-order valence-electron chi connectivity index (χ3n) is 4.48. The van der Waals surface area contributed by atoms with E-state index < -0.39 is 0 Å². The lowest BCUT2D eigenvalue weighted by Crippen LogP contribution is -2.33. The molecule has 2 rings (SSSR count). The van der Waals surface area contributed by atoms with Gasteiger partial charge in [0.05, 0.1) is 6.10 Å². The van der Waals surface area contributed by atoms with Crippen molar-refractivity contribution >= 4 is 0 Å². The fraction of sp³-hybridized carbons (Fsp3) is 0.647. The molecule has 3 heteroatoms. The number of likely N-dealkylation sites (tertiary alicyclic amines) is 1. The number of aryl methyl sites for hydroxylation is 3. The van der Waals surface area contributed by atoms with Crippen LogP contribution >= 0.6 is 0 Å². The molecule has 0 amide bonds. The molecule has 3 nitrogen and oxygen atoms in total. The van der Waals surface area contributed by atoms with Crippen molar-refractivity contribution in [2.75, 3.05) is 33.7 Å². The van der Waals surface area contributed by atoms with Gasteiger partial charge in [-0.1, -0.05) is 17.7 Å². The lowest BCUT2D eigenvalue weighted by molar-refractivity contribution is 0.121. The van der Waals surface area contributed by atoms with E-state index in [0.29, 0.717) is 6.04 Å². The van der Waals surface area contributed by atoms with Crippen molar-refractivity contribution in [2.45, 2.75) is 39.3 Å². The van der Waals surface area contributed by atoms with Crippen molar-refractivity contribution in [3.05, 3.63) is 34.4 Å². The molecule has 2 unspecified atom stereocenters. The fourth-order valence-corrected chi connectivity index (χ4v) is 3.45. The van der Waals surface area contributed by atoms with E-state index in [0.717, 1.165) is 25.2 Å². The maximum atomic E-state index is 10.6. The summed E-state index contributed by atoms with van der Waals surface area (Å²) in [6, 6.07) is 4.96. The summed E-state index contributed by atoms with van der Waals surface area (Å²) in [5.41, 5.74) is 4.80. The highest BCUT2D eigenvalue weighted by Crippen LogP contribution is 2.25. The Bertz CT molecular complexity index is 447. The zero-order chi connectivity index (χ0) is 14.9. The quantitative estimate of drug-likeness (QED) is 0.914. The molecule has 0 saturated carbocycles. The third kappa shape index (κ3) is 3.40. The van der Waals surface area contributed by atoms with Gasteiger partial charge in [-0.05, 0) is 64.5 Å². The third-order valence-corrected chi connectivity index (χ3v) is 4.48. The Balaban J connectivity index is 2.04. The van der Waals surface area contributed by atoms with E-state index in [1.165, 1.54) is 23.1 Å². The standard InChI is InChI=1S/C17H28N2O/c1-12-8-13(2)17(14(3)9-12)16(20)11-19-7-6-15(10-19)18(4)5/h8-9,15-16,20H,6-7,10-11H2,1-5H3. The molecule has 1 heterocycles. The van der Waals surface area contributed by atoms with Crippen LogP contribution in [0.3, 0.4) is 0 Å². The van der Waals surface area contributed by atoms with E-state index in [9.17, 15) is 5.11 Å². The fourth-order valence-electron chi connectivity index (χ4n) is 3.45. The molecule has 0 aromatic heterocycles. The summed E-state index contributed by atoms with van der Waals surface area (Å²) in [7, 11) is 4.28. The van der Waals surface area contributed by atoms with Crippen molar-refractivity contribution in [1.29, 1.82) is 0 Å². The van der Waals surface area contributed by atoms with Crippen LogP contribution in [0.1, 0.15) is 34.8 Å². The smallest absolute Gasteiger partial charge is 0.0922 e. The minimum atomic E-state index is -0.378. The average Bonchev–Trinajstić information content (AvgIpc) is 2.75. The van der Waals surface area contributed by atoms with Crippen LogP contribution in [0.4, 0.5) is 0 Å². The number of aliphatic hydroxyl groups excluding tert-OH is 1. The maximum Gasteiger partial charge on any atom is 0.0922 e. The molecule has 0 aliphatic carbocycles. The molecule has 20 heavy (non-hydrogen) atoms. The molecule has 2 atom stereocenters. The zero-order valence-corrected chi connectivity index (χ0v) is 13.5. The largest absolute Gasteiger partial charge is 0.387 e. The van der Waals surface area contributed by atoms with Crippen molar-refractivity contribution in [3.63, 3.8) is 0 Å². The molecule has 1 aromatic carbocycles. The van der Waals surface area contributed by atoms with Crippen LogP contribution in [0.5, 0.6) is 0 Å². The van der Waals surface area contributed by atoms with Gasteiger partial charge in [-0.2, -0.15) is 0 Å². The Hall–Kier alpha value is -0.900.